The van der Waals surface area contributed by atoms with Gasteiger partial charge in [0.2, 0.25) is 0 Å². The molecule has 6 aromatic carbocycles. The predicted octanol–water partition coefficient (Wildman–Crippen LogP) is -4.99. The summed E-state index contributed by atoms with van der Waals surface area (Å²) in [5, 5.41) is 71.9. The molecule has 0 atom stereocenters. The summed E-state index contributed by atoms with van der Waals surface area (Å²) in [5.74, 6) is -2.73. The Labute approximate surface area is 706 Å². The molecule has 0 aliphatic heterocycles. The van der Waals surface area contributed by atoms with Crippen LogP contribution in [0, 0.1) is 34.3 Å². The smallest absolute Gasteiger partial charge is 0.872 e. The van der Waals surface area contributed by atoms with Crippen molar-refractivity contribution in [3.63, 3.8) is 0 Å². The molecule has 0 fully saturated rings. The average Bonchev–Trinajstić information content (AvgIpc) is 0.947. The van der Waals surface area contributed by atoms with Gasteiger partial charge in [0.15, 0.2) is 0 Å². The van der Waals surface area contributed by atoms with Crippen LogP contribution in [0.25, 0.3) is 0 Å². The van der Waals surface area contributed by atoms with Gasteiger partial charge < -0.3 is 68.1 Å². The van der Waals surface area contributed by atoms with Crippen LogP contribution >= 0.6 is 0 Å². The number of imidazole rings is 4. The number of rotatable bonds is 28. The molecule has 10 rings (SSSR count). The number of carbonyl (C=O) groups excluding carboxylic acids is 4. The van der Waals surface area contributed by atoms with Crippen LogP contribution < -0.4 is 67.9 Å². The van der Waals surface area contributed by atoms with Gasteiger partial charge in [-0.05, 0) is 86.1 Å². The number of aliphatic carboxylic acids is 4. The molecule has 0 unspecified atom stereocenters. The number of benzene rings is 6. The summed E-state index contributed by atoms with van der Waals surface area (Å²) in [6.07, 6.45) is 14.3. The molecule has 580 valence electrons. The van der Waals surface area contributed by atoms with Gasteiger partial charge in [0.1, 0.15) is 23.3 Å². The molecule has 4 aromatic heterocycles. The summed E-state index contributed by atoms with van der Waals surface area (Å²) in [5.41, 5.74) is 7.43. The van der Waals surface area contributed by atoms with Crippen molar-refractivity contribution in [3.05, 3.63) is 274 Å². The third kappa shape index (κ3) is 37.0. The van der Waals surface area contributed by atoms with Crippen molar-refractivity contribution >= 4 is 23.9 Å². The number of hydrogen-bond acceptors (Lipinski definition) is 26. The first-order chi connectivity index (χ1) is 50.8. The van der Waals surface area contributed by atoms with Gasteiger partial charge >= 0.3 is 77.9 Å². The second kappa shape index (κ2) is 50.5. The van der Waals surface area contributed by atoms with E-state index in [1.54, 1.807) is 95.5 Å². The summed E-state index contributed by atoms with van der Waals surface area (Å²) < 4.78 is 75.6. The first-order valence-electron chi connectivity index (χ1n) is 33.5. The van der Waals surface area contributed by atoms with Crippen molar-refractivity contribution in [2.75, 3.05) is 13.1 Å². The van der Waals surface area contributed by atoms with Gasteiger partial charge in [-0.1, -0.05) is 168 Å². The molecule has 0 N–H and O–H groups in total. The number of hydrogen-bond donors (Lipinski definition) is 0. The molecule has 10 aromatic rings. The van der Waals surface area contributed by atoms with E-state index in [0.717, 1.165) is 56.7 Å². The zero-order valence-corrected chi connectivity index (χ0v) is 77.5. The monoisotopic (exact) mass is 1780 g/mol. The van der Waals surface area contributed by atoms with Gasteiger partial charge in [0.05, 0.1) is 50.1 Å². The zero-order chi connectivity index (χ0) is 80.0. The Hall–Kier alpha value is -7.77. The summed E-state index contributed by atoms with van der Waals surface area (Å²) >= 11 is 0. The third-order valence-corrected chi connectivity index (χ3v) is 16.6. The quantitative estimate of drug-likeness (QED) is 0.0414. The third-order valence-electron chi connectivity index (χ3n) is 16.6. The molecule has 0 saturated heterocycles. The molecular weight excluding hydrogens is 1700 g/mol. The fourth-order valence-corrected chi connectivity index (χ4v) is 11.3. The predicted molar refractivity (Wildman–Crippen MR) is 361 cm³/mol. The molecule has 0 aliphatic carbocycles. The Kier molecular flexibility index (Phi) is 46.1. The summed E-state index contributed by atoms with van der Waals surface area (Å²) in [4.78, 5) is 70.2. The Bertz CT molecular complexity index is 4040. The number of nitrogens with zero attached hydrogens (tertiary/aromatic N) is 12. The van der Waals surface area contributed by atoms with E-state index in [1.807, 2.05) is 170 Å². The standard InChI is InChI=1S/2C24H34N6O3.2C14H12O2.2ClHO4.4Zn/c2*1-17(2)30(15-22-26-7-9-28(22)5)13-20-11-18(3)10-19(24(20)33)12-29(16-23(31)32)14-21-25-6-8-27(21)4;2*15-14(16)13(11-7-3-1-4-8-11)12-9-5-2-6-10-12;2*2-1(3,4)5;;;;/h2*6-11,17,33H,12-16H2,1-5H3,(H,31,32);2*1-10,13H,(H,15,16);2*(H,2,3,4,5);;;;/q;;;;;;4*+2/p-8. The Balaban J connectivity index is 0.000000736. The van der Waals surface area contributed by atoms with Crippen LogP contribution in [0.4, 0.5) is 0 Å². The molecule has 0 amide bonds. The van der Waals surface area contributed by atoms with Crippen LogP contribution in [-0.4, -0.2) is 107 Å². The Morgan fingerprint density at radius 1 is 0.366 bits per heavy atom. The maximum absolute atomic E-state index is 13.4. The maximum Gasteiger partial charge on any atom is 2.00 e. The fourth-order valence-electron chi connectivity index (χ4n) is 11.3. The number of halogens is 2. The molecule has 30 nitrogen and oxygen atoms in total. The van der Waals surface area contributed by atoms with E-state index in [1.165, 1.54) is 0 Å². The van der Waals surface area contributed by atoms with Gasteiger partial charge in [0.25, 0.3) is 0 Å². The van der Waals surface area contributed by atoms with E-state index >= 15 is 0 Å². The zero-order valence-electron chi connectivity index (χ0n) is 64.2. The molecule has 0 aliphatic rings. The number of aromatic nitrogens is 8. The average molecular weight is 1790 g/mol. The van der Waals surface area contributed by atoms with Crippen LogP contribution in [0.3, 0.4) is 0 Å². The minimum absolute atomic E-state index is 0. The van der Waals surface area contributed by atoms with Crippen molar-refractivity contribution in [1.82, 2.24) is 57.8 Å². The number of carboxylic acid groups (broad SMARTS) is 4. The molecule has 0 bridgehead atoms. The molecular formula is C76H86Cl2N12O18Zn4. The number of carboxylic acids is 4. The van der Waals surface area contributed by atoms with Crippen LogP contribution in [0.2, 0.25) is 0 Å². The van der Waals surface area contributed by atoms with Gasteiger partial charge in [-0.2, -0.15) is 0 Å². The summed E-state index contributed by atoms with van der Waals surface area (Å²) in [6.45, 7) is 14.9. The largest absolute Gasteiger partial charge is 2.00 e. The minimum Gasteiger partial charge on any atom is -0.872 e. The second-order valence-electron chi connectivity index (χ2n) is 25.6. The molecule has 4 heterocycles. The second-order valence-corrected chi connectivity index (χ2v) is 27.1. The molecule has 0 saturated carbocycles. The summed E-state index contributed by atoms with van der Waals surface area (Å²) in [6, 6.07) is 44.4. The van der Waals surface area contributed by atoms with Crippen molar-refractivity contribution in [1.29, 1.82) is 0 Å². The van der Waals surface area contributed by atoms with Crippen LogP contribution in [-0.2, 0) is 178 Å². The van der Waals surface area contributed by atoms with Gasteiger partial charge in [-0.3, -0.25) is 19.6 Å². The molecule has 0 spiro atoms. The first-order valence-corrected chi connectivity index (χ1v) is 35.9. The van der Waals surface area contributed by atoms with Crippen LogP contribution in [0.5, 0.6) is 11.5 Å². The topological polar surface area (TPSA) is 475 Å². The Morgan fingerprint density at radius 2 is 0.580 bits per heavy atom. The van der Waals surface area contributed by atoms with E-state index in [4.69, 9.17) is 37.3 Å². The van der Waals surface area contributed by atoms with Crippen LogP contribution in [0.15, 0.2) is 195 Å². The van der Waals surface area contributed by atoms with E-state index in [2.05, 4.69) is 57.4 Å². The number of carbonyl (C=O) groups is 4. The van der Waals surface area contributed by atoms with Crippen molar-refractivity contribution < 1.29 is 185 Å². The SMILES string of the molecule is Cc1cc(CN(CC(=O)[O-])Cc2nccn2C)c([O-])c(CN(Cc2nccn2C)C(C)C)c1.Cc1cc(CN(CC(=O)[O-])Cc2nccn2C)c([O-])c(CN(Cc2nccn2C)C(C)C)c1.O=C([O-])C(c1ccccc1)c1ccccc1.O=C([O-])C(c1ccccc1)c1ccccc1.[O-][Cl+3]([O-])([O-])[O-].[O-][Cl+3]([O-])([O-])[O-].[Zn+2].[Zn+2].[Zn+2].[Zn+2]. The first kappa shape index (κ1) is 102. The van der Waals surface area contributed by atoms with E-state index in [0.29, 0.717) is 61.5 Å². The van der Waals surface area contributed by atoms with Crippen LogP contribution in [0.1, 0.15) is 118 Å². The van der Waals surface area contributed by atoms with Gasteiger partial charge in [-0.15, -0.1) is 20.5 Å². The summed E-state index contributed by atoms with van der Waals surface area (Å²) in [7, 11) is -2.27. The molecule has 0 radical (unpaired) electrons. The van der Waals surface area contributed by atoms with Crippen molar-refractivity contribution in [2.24, 2.45) is 28.2 Å². The molecule has 36 heteroatoms. The van der Waals surface area contributed by atoms with Crippen molar-refractivity contribution in [3.8, 4) is 11.5 Å². The Morgan fingerprint density at radius 3 is 0.768 bits per heavy atom. The minimum atomic E-state index is -4.94. The maximum atomic E-state index is 13.4. The van der Waals surface area contributed by atoms with Crippen molar-refractivity contribution in [2.45, 2.75) is 118 Å². The fraction of sp³-hybridized carbons (Fsp3) is 0.316. The van der Waals surface area contributed by atoms with E-state index < -0.39 is 56.2 Å². The normalized spacial score (nSPS) is 10.9. The van der Waals surface area contributed by atoms with Gasteiger partial charge in [-0.25, -0.2) is 57.2 Å². The van der Waals surface area contributed by atoms with Gasteiger partial charge in [0, 0.05) is 141 Å². The van der Waals surface area contributed by atoms with E-state index in [-0.39, 0.29) is 128 Å². The number of aryl methyl sites for hydroxylation is 6. The molecule has 112 heavy (non-hydrogen) atoms. The van der Waals surface area contributed by atoms with E-state index in [9.17, 15) is 49.8 Å².